The second-order valence-electron chi connectivity index (χ2n) is 2.48. The fraction of sp³-hybridized carbons (Fsp3) is 0. The van der Waals surface area contributed by atoms with Crippen LogP contribution >= 0.6 is 0 Å². The molecular formula is C8H6N2O3. The Morgan fingerprint density at radius 1 is 1.62 bits per heavy atom. The molecular weight excluding hydrogens is 172 g/mol. The summed E-state index contributed by atoms with van der Waals surface area (Å²) in [7, 11) is 0. The fourth-order valence-electron chi connectivity index (χ4n) is 0.995. The molecule has 0 radical (unpaired) electrons. The van der Waals surface area contributed by atoms with Crippen LogP contribution in [0.5, 0.6) is 0 Å². The molecule has 0 atom stereocenters. The Morgan fingerprint density at radius 3 is 3.00 bits per heavy atom. The SMILES string of the molecule is O=C(O)c1cc(-c2cc[nH]c2)no1. The molecule has 13 heavy (non-hydrogen) atoms. The summed E-state index contributed by atoms with van der Waals surface area (Å²) in [5.41, 5.74) is 1.31. The minimum atomic E-state index is -1.12. The smallest absolute Gasteiger partial charge is 0.374 e. The van der Waals surface area contributed by atoms with E-state index in [9.17, 15) is 4.79 Å². The van der Waals surface area contributed by atoms with Crippen molar-refractivity contribution in [1.82, 2.24) is 10.1 Å². The Balaban J connectivity index is 2.39. The molecule has 0 saturated carbocycles. The van der Waals surface area contributed by atoms with Crippen LogP contribution in [0.25, 0.3) is 11.3 Å². The average Bonchev–Trinajstić information content (AvgIpc) is 2.75. The van der Waals surface area contributed by atoms with Crippen molar-refractivity contribution in [3.8, 4) is 11.3 Å². The first kappa shape index (κ1) is 7.60. The molecule has 2 N–H and O–H groups in total. The number of hydrogen-bond acceptors (Lipinski definition) is 3. The quantitative estimate of drug-likeness (QED) is 0.727. The first-order chi connectivity index (χ1) is 6.27. The Morgan fingerprint density at radius 2 is 2.46 bits per heavy atom. The lowest BCUT2D eigenvalue weighted by Gasteiger charge is -1.82. The van der Waals surface area contributed by atoms with Crippen LogP contribution in [0.1, 0.15) is 10.6 Å². The van der Waals surface area contributed by atoms with E-state index >= 15 is 0 Å². The zero-order chi connectivity index (χ0) is 9.26. The number of aromatic carboxylic acids is 1. The van der Waals surface area contributed by atoms with Gasteiger partial charge in [-0.2, -0.15) is 0 Å². The van der Waals surface area contributed by atoms with Gasteiger partial charge in [-0.15, -0.1) is 0 Å². The molecule has 2 rings (SSSR count). The van der Waals surface area contributed by atoms with Crippen molar-refractivity contribution in [2.45, 2.75) is 0 Å². The van der Waals surface area contributed by atoms with E-state index in [1.165, 1.54) is 6.07 Å². The van der Waals surface area contributed by atoms with Crippen LogP contribution in [0.2, 0.25) is 0 Å². The van der Waals surface area contributed by atoms with E-state index in [0.717, 1.165) is 5.56 Å². The van der Waals surface area contributed by atoms with Crippen LogP contribution in [0.4, 0.5) is 0 Å². The van der Waals surface area contributed by atoms with E-state index in [2.05, 4.69) is 14.7 Å². The number of aromatic amines is 1. The molecule has 0 aromatic carbocycles. The lowest BCUT2D eigenvalue weighted by Crippen LogP contribution is -1.91. The highest BCUT2D eigenvalue weighted by molar-refractivity contribution is 5.85. The summed E-state index contributed by atoms with van der Waals surface area (Å²) in [4.78, 5) is 13.3. The number of carbonyl (C=O) groups is 1. The van der Waals surface area contributed by atoms with E-state index in [4.69, 9.17) is 5.11 Å². The van der Waals surface area contributed by atoms with Crippen molar-refractivity contribution >= 4 is 5.97 Å². The molecule has 0 unspecified atom stereocenters. The van der Waals surface area contributed by atoms with Crippen LogP contribution < -0.4 is 0 Å². The number of hydrogen-bond donors (Lipinski definition) is 2. The summed E-state index contributed by atoms with van der Waals surface area (Å²) >= 11 is 0. The van der Waals surface area contributed by atoms with Gasteiger partial charge in [0.25, 0.3) is 0 Å². The number of H-pyrrole nitrogens is 1. The molecule has 0 aliphatic rings. The van der Waals surface area contributed by atoms with E-state index in [1.807, 2.05) is 0 Å². The van der Waals surface area contributed by atoms with Gasteiger partial charge < -0.3 is 14.6 Å². The van der Waals surface area contributed by atoms with Gasteiger partial charge in [-0.3, -0.25) is 0 Å². The van der Waals surface area contributed by atoms with Crippen molar-refractivity contribution in [3.05, 3.63) is 30.3 Å². The van der Waals surface area contributed by atoms with Crippen LogP contribution in [0, 0.1) is 0 Å². The summed E-state index contributed by atoms with van der Waals surface area (Å²) in [5.74, 6) is -1.27. The van der Waals surface area contributed by atoms with E-state index in [1.54, 1.807) is 18.5 Å². The Labute approximate surface area is 73.0 Å². The third-order valence-electron chi connectivity index (χ3n) is 1.61. The molecule has 0 aliphatic heterocycles. The van der Waals surface area contributed by atoms with Gasteiger partial charge >= 0.3 is 5.97 Å². The van der Waals surface area contributed by atoms with Crippen molar-refractivity contribution < 1.29 is 14.4 Å². The monoisotopic (exact) mass is 178 g/mol. The number of carboxylic acids is 1. The Hall–Kier alpha value is -2.04. The minimum absolute atomic E-state index is 0.156. The molecule has 0 saturated heterocycles. The second-order valence-corrected chi connectivity index (χ2v) is 2.48. The molecule has 2 aromatic heterocycles. The molecule has 66 valence electrons. The highest BCUT2D eigenvalue weighted by Gasteiger charge is 2.11. The molecule has 2 aromatic rings. The maximum absolute atomic E-state index is 10.4. The highest BCUT2D eigenvalue weighted by atomic mass is 16.5. The van der Waals surface area contributed by atoms with Crippen LogP contribution in [-0.2, 0) is 0 Å². The van der Waals surface area contributed by atoms with E-state index in [0.29, 0.717) is 5.69 Å². The largest absolute Gasteiger partial charge is 0.475 e. The van der Waals surface area contributed by atoms with Gasteiger partial charge in [0.05, 0.1) is 0 Å². The van der Waals surface area contributed by atoms with Gasteiger partial charge in [0.15, 0.2) is 0 Å². The lowest BCUT2D eigenvalue weighted by atomic mass is 10.2. The third kappa shape index (κ3) is 1.31. The Bertz CT molecular complexity index is 416. The molecule has 0 bridgehead atoms. The van der Waals surface area contributed by atoms with Gasteiger partial charge in [-0.1, -0.05) is 5.16 Å². The molecule has 5 heteroatoms. The molecule has 2 heterocycles. The van der Waals surface area contributed by atoms with Crippen LogP contribution in [0.3, 0.4) is 0 Å². The summed E-state index contributed by atoms with van der Waals surface area (Å²) < 4.78 is 4.59. The number of nitrogens with one attached hydrogen (secondary N) is 1. The van der Waals surface area contributed by atoms with Crippen LogP contribution in [0.15, 0.2) is 29.0 Å². The summed E-state index contributed by atoms with van der Waals surface area (Å²) in [6.07, 6.45) is 3.44. The van der Waals surface area contributed by atoms with E-state index in [-0.39, 0.29) is 5.76 Å². The number of carboxylic acid groups (broad SMARTS) is 1. The number of aromatic nitrogens is 2. The molecule has 0 aliphatic carbocycles. The van der Waals surface area contributed by atoms with Crippen molar-refractivity contribution in [3.63, 3.8) is 0 Å². The van der Waals surface area contributed by atoms with Crippen LogP contribution in [-0.4, -0.2) is 21.2 Å². The number of rotatable bonds is 2. The zero-order valence-corrected chi connectivity index (χ0v) is 6.52. The predicted molar refractivity (Wildman–Crippen MR) is 43.2 cm³/mol. The summed E-state index contributed by atoms with van der Waals surface area (Å²) in [5, 5.41) is 12.2. The highest BCUT2D eigenvalue weighted by Crippen LogP contribution is 2.17. The predicted octanol–water partition coefficient (Wildman–Crippen LogP) is 1.37. The van der Waals surface area contributed by atoms with Gasteiger partial charge in [0.2, 0.25) is 5.76 Å². The fourth-order valence-corrected chi connectivity index (χ4v) is 0.995. The topological polar surface area (TPSA) is 79.1 Å². The summed E-state index contributed by atoms with van der Waals surface area (Å²) in [6, 6.07) is 3.16. The van der Waals surface area contributed by atoms with Gasteiger partial charge in [-0.05, 0) is 6.07 Å². The zero-order valence-electron chi connectivity index (χ0n) is 6.52. The lowest BCUT2D eigenvalue weighted by molar-refractivity contribution is 0.0652. The minimum Gasteiger partial charge on any atom is -0.475 e. The van der Waals surface area contributed by atoms with Gasteiger partial charge in [0, 0.05) is 24.0 Å². The first-order valence-corrected chi connectivity index (χ1v) is 3.60. The maximum atomic E-state index is 10.4. The molecule has 0 spiro atoms. The second kappa shape index (κ2) is 2.78. The number of nitrogens with zero attached hydrogens (tertiary/aromatic N) is 1. The summed E-state index contributed by atoms with van der Waals surface area (Å²) in [6.45, 7) is 0. The normalized spacial score (nSPS) is 10.2. The standard InChI is InChI=1S/C8H6N2O3/c11-8(12)7-3-6(10-13-7)5-1-2-9-4-5/h1-4,9H,(H,11,12). The Kier molecular flexibility index (Phi) is 1.63. The van der Waals surface area contributed by atoms with Crippen molar-refractivity contribution in [2.24, 2.45) is 0 Å². The van der Waals surface area contributed by atoms with Gasteiger partial charge in [-0.25, -0.2) is 4.79 Å². The first-order valence-electron chi connectivity index (χ1n) is 3.60. The van der Waals surface area contributed by atoms with Gasteiger partial charge in [0.1, 0.15) is 5.69 Å². The third-order valence-corrected chi connectivity index (χ3v) is 1.61. The molecule has 5 nitrogen and oxygen atoms in total. The van der Waals surface area contributed by atoms with Crippen molar-refractivity contribution in [1.29, 1.82) is 0 Å². The molecule has 0 fully saturated rings. The maximum Gasteiger partial charge on any atom is 0.374 e. The van der Waals surface area contributed by atoms with Crippen molar-refractivity contribution in [2.75, 3.05) is 0 Å². The molecule has 0 amide bonds. The van der Waals surface area contributed by atoms with E-state index < -0.39 is 5.97 Å². The average molecular weight is 178 g/mol.